The molecule has 160 valence electrons. The van der Waals surface area contributed by atoms with Crippen LogP contribution in [0.3, 0.4) is 0 Å². The Hall–Kier alpha value is -2.93. The summed E-state index contributed by atoms with van der Waals surface area (Å²) in [7, 11) is 0. The number of aromatic nitrogens is 3. The first-order chi connectivity index (χ1) is 14.7. The van der Waals surface area contributed by atoms with Gasteiger partial charge in [0.1, 0.15) is 12.4 Å². The van der Waals surface area contributed by atoms with E-state index in [9.17, 15) is 4.79 Å². The zero-order chi connectivity index (χ0) is 21.2. The number of hydrogen-bond donors (Lipinski definition) is 1. The molecule has 7 nitrogen and oxygen atoms in total. The lowest BCUT2D eigenvalue weighted by atomic mass is 10.1. The van der Waals surface area contributed by atoms with Crippen molar-refractivity contribution in [2.45, 2.75) is 39.3 Å². The lowest BCUT2D eigenvalue weighted by Gasteiger charge is -2.32. The van der Waals surface area contributed by atoms with Crippen LogP contribution >= 0.6 is 0 Å². The summed E-state index contributed by atoms with van der Waals surface area (Å²) < 4.78 is 7.47. The van der Waals surface area contributed by atoms with Crippen LogP contribution in [0.4, 0.5) is 5.82 Å². The van der Waals surface area contributed by atoms with E-state index in [-0.39, 0.29) is 11.6 Å². The molecule has 7 heteroatoms. The third-order valence-corrected chi connectivity index (χ3v) is 5.24. The van der Waals surface area contributed by atoms with E-state index in [1.165, 1.54) is 0 Å². The van der Waals surface area contributed by atoms with Crippen LogP contribution in [-0.2, 0) is 11.3 Å². The van der Waals surface area contributed by atoms with Crippen LogP contribution in [-0.4, -0.2) is 51.7 Å². The minimum absolute atomic E-state index is 0.0898. The molecule has 30 heavy (non-hydrogen) atoms. The molecule has 1 fully saturated rings. The predicted molar refractivity (Wildman–Crippen MR) is 119 cm³/mol. The van der Waals surface area contributed by atoms with E-state index >= 15 is 0 Å². The number of piperidine rings is 1. The Morgan fingerprint density at radius 2 is 2.00 bits per heavy atom. The highest BCUT2D eigenvalue weighted by Gasteiger charge is 2.20. The van der Waals surface area contributed by atoms with Crippen LogP contribution in [0.5, 0.6) is 0 Å². The first-order valence-electron chi connectivity index (χ1n) is 10.5. The molecule has 1 N–H and O–H groups in total. The van der Waals surface area contributed by atoms with Gasteiger partial charge in [-0.05, 0) is 56.5 Å². The van der Waals surface area contributed by atoms with Crippen molar-refractivity contribution in [1.29, 1.82) is 0 Å². The van der Waals surface area contributed by atoms with Crippen molar-refractivity contribution >= 4 is 5.82 Å². The lowest BCUT2D eigenvalue weighted by Crippen LogP contribution is -2.41. The normalized spacial score (nSPS) is 16.1. The number of rotatable bonds is 9. The van der Waals surface area contributed by atoms with Crippen molar-refractivity contribution < 1.29 is 4.74 Å². The van der Waals surface area contributed by atoms with Crippen LogP contribution in [0.15, 0.2) is 65.7 Å². The molecule has 1 saturated heterocycles. The summed E-state index contributed by atoms with van der Waals surface area (Å²) in [6, 6.07) is 4.09. The highest BCUT2D eigenvalue weighted by atomic mass is 16.5. The second-order valence-corrected chi connectivity index (χ2v) is 7.36. The molecular weight excluding hydrogens is 378 g/mol. The maximum absolute atomic E-state index is 12.8. The summed E-state index contributed by atoms with van der Waals surface area (Å²) >= 11 is 0. The van der Waals surface area contributed by atoms with E-state index in [0.717, 1.165) is 43.8 Å². The van der Waals surface area contributed by atoms with Crippen molar-refractivity contribution in [1.82, 2.24) is 19.4 Å². The lowest BCUT2D eigenvalue weighted by molar-refractivity contribution is 0.145. The molecule has 0 amide bonds. The van der Waals surface area contributed by atoms with Gasteiger partial charge < -0.3 is 14.6 Å². The Labute approximate surface area is 178 Å². The molecule has 1 aliphatic heterocycles. The molecule has 0 atom stereocenters. The SMILES string of the molecule is C/C=C\C(=C/C)OCCN1CCC(Nc2nccn(Cc3ccncc3)c2=O)CC1. The van der Waals surface area contributed by atoms with Gasteiger partial charge in [0.05, 0.1) is 6.54 Å². The molecule has 3 rings (SSSR count). The van der Waals surface area contributed by atoms with Gasteiger partial charge in [0.25, 0.3) is 5.56 Å². The third-order valence-electron chi connectivity index (χ3n) is 5.24. The average molecular weight is 410 g/mol. The van der Waals surface area contributed by atoms with Gasteiger partial charge in [-0.3, -0.25) is 14.7 Å². The Kier molecular flexibility index (Phi) is 8.20. The molecule has 0 bridgehead atoms. The van der Waals surface area contributed by atoms with Gasteiger partial charge in [-0.1, -0.05) is 6.08 Å². The van der Waals surface area contributed by atoms with Gasteiger partial charge >= 0.3 is 0 Å². The molecule has 2 aromatic rings. The summed E-state index contributed by atoms with van der Waals surface area (Å²) in [5, 5.41) is 3.36. The fraction of sp³-hybridized carbons (Fsp3) is 0.435. The molecular formula is C23H31N5O2. The Bertz CT molecular complexity index is 899. The quantitative estimate of drug-likeness (QED) is 0.507. The fourth-order valence-electron chi connectivity index (χ4n) is 3.53. The number of likely N-dealkylation sites (tertiary alicyclic amines) is 1. The van der Waals surface area contributed by atoms with Gasteiger partial charge in [0, 0.05) is 50.5 Å². The molecule has 0 radical (unpaired) electrons. The standard InChI is InChI=1S/C23H31N5O2/c1-3-5-21(4-2)30-17-16-27-13-8-20(9-14-27)26-22-23(29)28(15-12-25-22)18-19-6-10-24-11-7-19/h3-7,10-12,15,20H,8-9,13-14,16-18H2,1-2H3,(H,25,26)/b5-3-,21-4+. The first-order valence-corrected chi connectivity index (χ1v) is 10.5. The van der Waals surface area contributed by atoms with Crippen LogP contribution in [0.25, 0.3) is 0 Å². The second kappa shape index (κ2) is 11.3. The van der Waals surface area contributed by atoms with Crippen molar-refractivity contribution in [3.8, 4) is 0 Å². The van der Waals surface area contributed by atoms with Gasteiger partial charge in [-0.15, -0.1) is 0 Å². The number of nitrogens with one attached hydrogen (secondary N) is 1. The zero-order valence-corrected chi connectivity index (χ0v) is 17.8. The van der Waals surface area contributed by atoms with Crippen LogP contribution < -0.4 is 10.9 Å². The summed E-state index contributed by atoms with van der Waals surface area (Å²) in [4.78, 5) is 23.5. The molecule has 0 unspecified atom stereocenters. The minimum Gasteiger partial charge on any atom is -0.493 e. The maximum Gasteiger partial charge on any atom is 0.293 e. The highest BCUT2D eigenvalue weighted by Crippen LogP contribution is 2.14. The molecule has 0 saturated carbocycles. The Balaban J connectivity index is 1.48. The number of anilines is 1. The number of ether oxygens (including phenoxy) is 1. The minimum atomic E-state index is -0.0898. The smallest absolute Gasteiger partial charge is 0.293 e. The molecule has 3 heterocycles. The zero-order valence-electron chi connectivity index (χ0n) is 17.8. The maximum atomic E-state index is 12.8. The van der Waals surface area contributed by atoms with Gasteiger partial charge in [0.2, 0.25) is 0 Å². The summed E-state index contributed by atoms with van der Waals surface area (Å²) in [6.07, 6.45) is 14.8. The van der Waals surface area contributed by atoms with Gasteiger partial charge in [0.15, 0.2) is 5.82 Å². The van der Waals surface area contributed by atoms with E-state index < -0.39 is 0 Å². The molecule has 2 aromatic heterocycles. The monoisotopic (exact) mass is 409 g/mol. The van der Waals surface area contributed by atoms with E-state index in [4.69, 9.17) is 4.74 Å². The van der Waals surface area contributed by atoms with Crippen molar-refractivity contribution in [2.75, 3.05) is 31.6 Å². The summed E-state index contributed by atoms with van der Waals surface area (Å²) in [6.45, 7) is 8.03. The molecule has 0 aliphatic carbocycles. The largest absolute Gasteiger partial charge is 0.493 e. The topological polar surface area (TPSA) is 72.3 Å². The van der Waals surface area contributed by atoms with Crippen LogP contribution in [0.2, 0.25) is 0 Å². The van der Waals surface area contributed by atoms with Crippen molar-refractivity contribution in [3.05, 3.63) is 76.8 Å². The van der Waals surface area contributed by atoms with E-state index in [1.807, 2.05) is 44.2 Å². The second-order valence-electron chi connectivity index (χ2n) is 7.36. The highest BCUT2D eigenvalue weighted by molar-refractivity contribution is 5.33. The number of nitrogens with zero attached hydrogens (tertiary/aromatic N) is 4. The molecule has 0 aromatic carbocycles. The van der Waals surface area contributed by atoms with E-state index in [1.54, 1.807) is 29.4 Å². The average Bonchev–Trinajstić information content (AvgIpc) is 2.78. The number of hydrogen-bond acceptors (Lipinski definition) is 6. The molecule has 0 spiro atoms. The summed E-state index contributed by atoms with van der Waals surface area (Å²) in [5.41, 5.74) is 0.947. The molecule has 1 aliphatic rings. The van der Waals surface area contributed by atoms with Gasteiger partial charge in [-0.25, -0.2) is 4.98 Å². The van der Waals surface area contributed by atoms with Crippen molar-refractivity contribution in [3.63, 3.8) is 0 Å². The fourth-order valence-corrected chi connectivity index (χ4v) is 3.53. The third kappa shape index (κ3) is 6.29. The van der Waals surface area contributed by atoms with Crippen molar-refractivity contribution in [2.24, 2.45) is 0 Å². The number of pyridine rings is 1. The van der Waals surface area contributed by atoms with E-state index in [2.05, 4.69) is 20.2 Å². The van der Waals surface area contributed by atoms with Crippen LogP contribution in [0, 0.1) is 0 Å². The predicted octanol–water partition coefficient (Wildman–Crippen LogP) is 3.06. The Morgan fingerprint density at radius 3 is 2.70 bits per heavy atom. The van der Waals surface area contributed by atoms with Gasteiger partial charge in [-0.2, -0.15) is 0 Å². The Morgan fingerprint density at radius 1 is 1.23 bits per heavy atom. The number of allylic oxidation sites excluding steroid dienone is 3. The van der Waals surface area contributed by atoms with Crippen LogP contribution in [0.1, 0.15) is 32.3 Å². The van der Waals surface area contributed by atoms with E-state index in [0.29, 0.717) is 19.0 Å². The first kappa shape index (κ1) is 21.8. The summed E-state index contributed by atoms with van der Waals surface area (Å²) in [5.74, 6) is 1.34.